The van der Waals surface area contributed by atoms with Crippen molar-refractivity contribution in [1.82, 2.24) is 4.57 Å². The van der Waals surface area contributed by atoms with Gasteiger partial charge in [-0.1, -0.05) is 36.4 Å². The van der Waals surface area contributed by atoms with E-state index in [2.05, 4.69) is 0 Å². The number of hydrogen-bond acceptors (Lipinski definition) is 5. The van der Waals surface area contributed by atoms with E-state index in [1.165, 1.54) is 47.3 Å². The molecular formula is C23H19NO7S. The Hall–Kier alpha value is -3.98. The Kier molecular flexibility index (Phi) is 6.40. The number of nitrogens with zero attached hydrogens (tertiary/aromatic N) is 1. The second kappa shape index (κ2) is 9.03. The third-order valence-corrected chi connectivity index (χ3v) is 5.69. The van der Waals surface area contributed by atoms with Crippen LogP contribution in [0.4, 0.5) is 0 Å². The Morgan fingerprint density at radius 3 is 2.28 bits per heavy atom. The number of benzene rings is 1. The fourth-order valence-electron chi connectivity index (χ4n) is 3.23. The molecule has 32 heavy (non-hydrogen) atoms. The van der Waals surface area contributed by atoms with Gasteiger partial charge in [-0.15, -0.1) is 0 Å². The molecule has 3 N–H and O–H groups in total. The van der Waals surface area contributed by atoms with Crippen LogP contribution >= 0.6 is 11.3 Å². The van der Waals surface area contributed by atoms with Gasteiger partial charge in [0.1, 0.15) is 0 Å². The van der Waals surface area contributed by atoms with E-state index in [4.69, 9.17) is 10.2 Å². The lowest BCUT2D eigenvalue weighted by atomic mass is 9.80. The quantitative estimate of drug-likeness (QED) is 0.547. The average Bonchev–Trinajstić information content (AvgIpc) is 3.29. The van der Waals surface area contributed by atoms with Gasteiger partial charge in [0.2, 0.25) is 0 Å². The van der Waals surface area contributed by atoms with Crippen LogP contribution in [0.25, 0.3) is 16.5 Å². The molecule has 0 spiro atoms. The van der Waals surface area contributed by atoms with Crippen molar-refractivity contribution in [3.05, 3.63) is 87.0 Å². The molecule has 164 valence electrons. The van der Waals surface area contributed by atoms with Crippen molar-refractivity contribution < 1.29 is 29.7 Å². The molecule has 4 rings (SSSR count). The number of hydrogen-bond donors (Lipinski definition) is 3. The normalized spacial score (nSPS) is 17.2. The maximum absolute atomic E-state index is 12.4. The SMILES string of the molecule is CC1(C(=O)O)C=CC=C(C(=O)O)C1.O=C(O)c1cn(-c2ccsc2)c(=O)c2ccccc12. The van der Waals surface area contributed by atoms with Crippen LogP contribution in [0.1, 0.15) is 23.7 Å². The number of aromatic nitrogens is 1. The molecule has 8 nitrogen and oxygen atoms in total. The minimum atomic E-state index is -1.08. The number of fused-ring (bicyclic) bond motifs is 1. The van der Waals surface area contributed by atoms with Gasteiger partial charge in [-0.05, 0) is 30.9 Å². The Bertz CT molecular complexity index is 1320. The van der Waals surface area contributed by atoms with Crippen LogP contribution in [0, 0.1) is 5.41 Å². The Labute approximate surface area is 186 Å². The summed E-state index contributed by atoms with van der Waals surface area (Å²) in [6.07, 6.45) is 5.82. The summed E-state index contributed by atoms with van der Waals surface area (Å²) in [5.41, 5.74) is -0.348. The predicted octanol–water partition coefficient (Wildman–Crippen LogP) is 3.80. The summed E-state index contributed by atoms with van der Waals surface area (Å²) in [5.74, 6) is -3.10. The zero-order valence-corrected chi connectivity index (χ0v) is 17.7. The number of carbonyl (C=O) groups is 3. The van der Waals surface area contributed by atoms with Crippen molar-refractivity contribution in [2.45, 2.75) is 13.3 Å². The first kappa shape index (κ1) is 22.7. The molecule has 0 aliphatic heterocycles. The first-order valence-electron chi connectivity index (χ1n) is 9.39. The summed E-state index contributed by atoms with van der Waals surface area (Å²) in [7, 11) is 0. The van der Waals surface area contributed by atoms with Crippen molar-refractivity contribution in [3.8, 4) is 5.69 Å². The molecule has 0 radical (unpaired) electrons. The van der Waals surface area contributed by atoms with E-state index in [0.29, 0.717) is 16.5 Å². The van der Waals surface area contributed by atoms with Crippen molar-refractivity contribution >= 4 is 40.0 Å². The van der Waals surface area contributed by atoms with E-state index in [0.717, 1.165) is 0 Å². The van der Waals surface area contributed by atoms with Gasteiger partial charge >= 0.3 is 17.9 Å². The van der Waals surface area contributed by atoms with Gasteiger partial charge in [-0.25, -0.2) is 9.59 Å². The van der Waals surface area contributed by atoms with E-state index >= 15 is 0 Å². The fraction of sp³-hybridized carbons (Fsp3) is 0.130. The highest BCUT2D eigenvalue weighted by molar-refractivity contribution is 7.08. The molecule has 0 fully saturated rings. The summed E-state index contributed by atoms with van der Waals surface area (Å²) >= 11 is 1.46. The molecular weight excluding hydrogens is 434 g/mol. The minimum absolute atomic E-state index is 0.0359. The lowest BCUT2D eigenvalue weighted by molar-refractivity contribution is -0.145. The third kappa shape index (κ3) is 4.52. The second-order valence-electron chi connectivity index (χ2n) is 7.31. The van der Waals surface area contributed by atoms with Gasteiger partial charge in [0, 0.05) is 27.9 Å². The van der Waals surface area contributed by atoms with Crippen molar-refractivity contribution in [2.24, 2.45) is 5.41 Å². The number of allylic oxidation sites excluding steroid dienone is 2. The predicted molar refractivity (Wildman–Crippen MR) is 120 cm³/mol. The molecule has 0 amide bonds. The maximum Gasteiger partial charge on any atom is 0.337 e. The van der Waals surface area contributed by atoms with Gasteiger partial charge < -0.3 is 15.3 Å². The topological polar surface area (TPSA) is 134 Å². The summed E-state index contributed by atoms with van der Waals surface area (Å²) in [5, 5.41) is 31.3. The van der Waals surface area contributed by atoms with Crippen LogP contribution in [0.3, 0.4) is 0 Å². The minimum Gasteiger partial charge on any atom is -0.481 e. The van der Waals surface area contributed by atoms with Gasteiger partial charge in [0.15, 0.2) is 0 Å². The highest BCUT2D eigenvalue weighted by Crippen LogP contribution is 2.31. The van der Waals surface area contributed by atoms with E-state index in [1.54, 1.807) is 30.3 Å². The second-order valence-corrected chi connectivity index (χ2v) is 8.09. The van der Waals surface area contributed by atoms with Gasteiger partial charge in [0.05, 0.1) is 16.7 Å². The summed E-state index contributed by atoms with van der Waals surface area (Å²) in [4.78, 5) is 45.1. The Morgan fingerprint density at radius 2 is 1.72 bits per heavy atom. The highest BCUT2D eigenvalue weighted by Gasteiger charge is 2.34. The molecule has 2 aromatic heterocycles. The van der Waals surface area contributed by atoms with E-state index in [9.17, 15) is 24.3 Å². The van der Waals surface area contributed by atoms with Crippen LogP contribution in [0.5, 0.6) is 0 Å². The standard InChI is InChI=1S/C14H9NO3S.C9H10O4/c16-13-11-4-2-1-3-10(11)12(14(17)18)7-15(13)9-5-6-19-8-9;1-9(8(12)13)4-2-3-6(5-9)7(10)11/h1-8H,(H,17,18);2-4H,5H2,1H3,(H,10,11)(H,12,13). The lowest BCUT2D eigenvalue weighted by Gasteiger charge is -2.23. The number of aliphatic carboxylic acids is 2. The number of thiophene rings is 1. The van der Waals surface area contributed by atoms with Crippen molar-refractivity contribution in [3.63, 3.8) is 0 Å². The monoisotopic (exact) mass is 453 g/mol. The molecule has 1 atom stereocenters. The maximum atomic E-state index is 12.4. The molecule has 2 heterocycles. The molecule has 1 aliphatic rings. The molecule has 3 aromatic rings. The average molecular weight is 453 g/mol. The highest BCUT2D eigenvalue weighted by atomic mass is 32.1. The largest absolute Gasteiger partial charge is 0.481 e. The first-order valence-corrected chi connectivity index (χ1v) is 10.3. The van der Waals surface area contributed by atoms with E-state index in [1.807, 2.05) is 10.8 Å². The number of carboxylic acids is 3. The molecule has 1 aliphatic carbocycles. The summed E-state index contributed by atoms with van der Waals surface area (Å²) in [6.45, 7) is 1.50. The van der Waals surface area contributed by atoms with Crippen LogP contribution < -0.4 is 5.56 Å². The number of aromatic carboxylic acids is 1. The molecule has 0 saturated heterocycles. The lowest BCUT2D eigenvalue weighted by Crippen LogP contribution is -2.28. The van der Waals surface area contributed by atoms with E-state index in [-0.39, 0.29) is 23.1 Å². The Balaban J connectivity index is 0.000000195. The smallest absolute Gasteiger partial charge is 0.337 e. The number of pyridine rings is 1. The fourth-order valence-corrected chi connectivity index (χ4v) is 3.86. The van der Waals surface area contributed by atoms with Gasteiger partial charge in [-0.3, -0.25) is 14.2 Å². The Morgan fingerprint density at radius 1 is 1.03 bits per heavy atom. The van der Waals surface area contributed by atoms with Crippen LogP contribution in [0.2, 0.25) is 0 Å². The van der Waals surface area contributed by atoms with Crippen molar-refractivity contribution in [2.75, 3.05) is 0 Å². The molecule has 0 saturated carbocycles. The first-order chi connectivity index (χ1) is 15.1. The van der Waals surface area contributed by atoms with Crippen LogP contribution in [0.15, 0.2) is 75.9 Å². The zero-order valence-electron chi connectivity index (χ0n) is 16.9. The zero-order chi connectivity index (χ0) is 23.5. The number of carboxylic acid groups (broad SMARTS) is 3. The number of rotatable bonds is 4. The van der Waals surface area contributed by atoms with Gasteiger partial charge in [-0.2, -0.15) is 11.3 Å². The molecule has 9 heteroatoms. The molecule has 0 bridgehead atoms. The molecule has 1 unspecified atom stereocenters. The molecule has 1 aromatic carbocycles. The summed E-state index contributed by atoms with van der Waals surface area (Å²) in [6, 6.07) is 8.54. The third-order valence-electron chi connectivity index (χ3n) is 5.02. The summed E-state index contributed by atoms with van der Waals surface area (Å²) < 4.78 is 1.38. The van der Waals surface area contributed by atoms with Crippen LogP contribution in [-0.4, -0.2) is 37.8 Å². The van der Waals surface area contributed by atoms with E-state index < -0.39 is 23.3 Å². The van der Waals surface area contributed by atoms with Crippen molar-refractivity contribution in [1.29, 1.82) is 0 Å². The van der Waals surface area contributed by atoms with Gasteiger partial charge in [0.25, 0.3) is 5.56 Å². The van der Waals surface area contributed by atoms with Crippen LogP contribution in [-0.2, 0) is 9.59 Å².